The highest BCUT2D eigenvalue weighted by Crippen LogP contribution is 2.22. The van der Waals surface area contributed by atoms with E-state index < -0.39 is 0 Å². The largest absolute Gasteiger partial charge is 0.378 e. The first-order valence-corrected chi connectivity index (χ1v) is 9.38. The van der Waals surface area contributed by atoms with Crippen molar-refractivity contribution < 1.29 is 9.53 Å². The number of anilines is 1. The van der Waals surface area contributed by atoms with Crippen LogP contribution < -0.4 is 10.2 Å². The maximum atomic E-state index is 12.8. The minimum absolute atomic E-state index is 0.106. The van der Waals surface area contributed by atoms with Gasteiger partial charge in [-0.25, -0.2) is 9.97 Å². The molecule has 2 aromatic rings. The molecule has 1 aliphatic heterocycles. The van der Waals surface area contributed by atoms with Gasteiger partial charge in [-0.3, -0.25) is 4.79 Å². The fourth-order valence-corrected chi connectivity index (χ4v) is 3.55. The first-order chi connectivity index (χ1) is 12.8. The van der Waals surface area contributed by atoms with Crippen molar-refractivity contribution >= 4 is 11.7 Å². The van der Waals surface area contributed by atoms with E-state index in [4.69, 9.17) is 9.72 Å². The van der Waals surface area contributed by atoms with E-state index >= 15 is 0 Å². The van der Waals surface area contributed by atoms with Crippen LogP contribution in [0.4, 0.5) is 5.82 Å². The zero-order valence-corrected chi connectivity index (χ0v) is 14.9. The third kappa shape index (κ3) is 3.85. The lowest BCUT2D eigenvalue weighted by Gasteiger charge is -2.28. The molecule has 136 valence electrons. The molecular formula is C20H24N4O2. The number of rotatable bonds is 4. The number of ether oxygens (including phenoxy) is 1. The molecule has 1 aromatic heterocycles. The van der Waals surface area contributed by atoms with Gasteiger partial charge in [0.1, 0.15) is 11.5 Å². The van der Waals surface area contributed by atoms with Gasteiger partial charge >= 0.3 is 0 Å². The summed E-state index contributed by atoms with van der Waals surface area (Å²) >= 11 is 0. The van der Waals surface area contributed by atoms with Crippen LogP contribution in [0.25, 0.3) is 11.4 Å². The van der Waals surface area contributed by atoms with E-state index in [2.05, 4.69) is 15.2 Å². The Labute approximate surface area is 153 Å². The van der Waals surface area contributed by atoms with E-state index in [1.165, 1.54) is 12.8 Å². The molecule has 1 saturated heterocycles. The monoisotopic (exact) mass is 352 g/mol. The highest BCUT2D eigenvalue weighted by molar-refractivity contribution is 5.93. The van der Waals surface area contributed by atoms with Gasteiger partial charge in [0.15, 0.2) is 5.82 Å². The lowest BCUT2D eigenvalue weighted by Crippen LogP contribution is -2.37. The molecule has 0 radical (unpaired) electrons. The molecule has 0 unspecified atom stereocenters. The Morgan fingerprint density at radius 1 is 1.08 bits per heavy atom. The molecule has 2 fully saturated rings. The Morgan fingerprint density at radius 3 is 2.54 bits per heavy atom. The van der Waals surface area contributed by atoms with Crippen molar-refractivity contribution in [1.82, 2.24) is 15.3 Å². The lowest BCUT2D eigenvalue weighted by atomic mass is 10.2. The summed E-state index contributed by atoms with van der Waals surface area (Å²) in [4.78, 5) is 24.2. The van der Waals surface area contributed by atoms with Gasteiger partial charge < -0.3 is 15.0 Å². The predicted molar refractivity (Wildman–Crippen MR) is 100 cm³/mol. The average Bonchev–Trinajstić information content (AvgIpc) is 3.22. The fraction of sp³-hybridized carbons (Fsp3) is 0.450. The topological polar surface area (TPSA) is 67.4 Å². The number of nitrogens with one attached hydrogen (secondary N) is 1. The van der Waals surface area contributed by atoms with Crippen molar-refractivity contribution in [2.45, 2.75) is 31.7 Å². The molecule has 1 aliphatic carbocycles. The van der Waals surface area contributed by atoms with Gasteiger partial charge in [-0.2, -0.15) is 0 Å². The van der Waals surface area contributed by atoms with Crippen LogP contribution in [-0.4, -0.2) is 48.2 Å². The van der Waals surface area contributed by atoms with Crippen LogP contribution in [0.2, 0.25) is 0 Å². The summed E-state index contributed by atoms with van der Waals surface area (Å²) in [7, 11) is 0. The third-order valence-corrected chi connectivity index (χ3v) is 5.00. The maximum absolute atomic E-state index is 12.8. The van der Waals surface area contributed by atoms with Crippen molar-refractivity contribution in [3.63, 3.8) is 0 Å². The number of nitrogens with zero attached hydrogens (tertiary/aromatic N) is 3. The highest BCUT2D eigenvalue weighted by atomic mass is 16.5. The summed E-state index contributed by atoms with van der Waals surface area (Å²) in [5.41, 5.74) is 1.35. The molecule has 2 aliphatic rings. The summed E-state index contributed by atoms with van der Waals surface area (Å²) in [6, 6.07) is 11.9. The quantitative estimate of drug-likeness (QED) is 0.916. The van der Waals surface area contributed by atoms with Crippen LogP contribution in [0.15, 0.2) is 36.4 Å². The van der Waals surface area contributed by atoms with Crippen LogP contribution in [0.5, 0.6) is 0 Å². The summed E-state index contributed by atoms with van der Waals surface area (Å²) in [6.07, 6.45) is 4.48. The maximum Gasteiger partial charge on any atom is 0.270 e. The van der Waals surface area contributed by atoms with Crippen LogP contribution in [0, 0.1) is 0 Å². The van der Waals surface area contributed by atoms with Gasteiger partial charge in [0.2, 0.25) is 0 Å². The van der Waals surface area contributed by atoms with Crippen LogP contribution in [0.1, 0.15) is 36.2 Å². The zero-order chi connectivity index (χ0) is 17.8. The summed E-state index contributed by atoms with van der Waals surface area (Å²) < 4.78 is 5.44. The molecular weight excluding hydrogens is 328 g/mol. The number of hydrogen-bond donors (Lipinski definition) is 1. The predicted octanol–water partition coefficient (Wildman–Crippen LogP) is 2.65. The molecule has 26 heavy (non-hydrogen) atoms. The first-order valence-electron chi connectivity index (χ1n) is 9.38. The van der Waals surface area contributed by atoms with Gasteiger partial charge in [0, 0.05) is 30.8 Å². The smallest absolute Gasteiger partial charge is 0.270 e. The van der Waals surface area contributed by atoms with Crippen molar-refractivity contribution in [2.24, 2.45) is 0 Å². The summed E-state index contributed by atoms with van der Waals surface area (Å²) in [5, 5.41) is 3.13. The summed E-state index contributed by atoms with van der Waals surface area (Å²) in [5.74, 6) is 1.27. The van der Waals surface area contributed by atoms with Gasteiger partial charge in [0.05, 0.1) is 13.2 Å². The van der Waals surface area contributed by atoms with Crippen molar-refractivity contribution in [1.29, 1.82) is 0 Å². The molecule has 1 N–H and O–H groups in total. The van der Waals surface area contributed by atoms with Crippen molar-refractivity contribution in [3.05, 3.63) is 42.1 Å². The molecule has 6 heteroatoms. The Hall–Kier alpha value is -2.47. The van der Waals surface area contributed by atoms with Crippen LogP contribution in [-0.2, 0) is 4.74 Å². The van der Waals surface area contributed by atoms with E-state index in [1.807, 2.05) is 36.4 Å². The van der Waals surface area contributed by atoms with Crippen LogP contribution >= 0.6 is 0 Å². The van der Waals surface area contributed by atoms with E-state index in [0.717, 1.165) is 37.3 Å². The van der Waals surface area contributed by atoms with E-state index in [-0.39, 0.29) is 11.9 Å². The van der Waals surface area contributed by atoms with Gasteiger partial charge in [-0.1, -0.05) is 43.2 Å². The molecule has 0 bridgehead atoms. The van der Waals surface area contributed by atoms with Gasteiger partial charge in [0.25, 0.3) is 5.91 Å². The second-order valence-electron chi connectivity index (χ2n) is 6.86. The van der Waals surface area contributed by atoms with E-state index in [1.54, 1.807) is 0 Å². The molecule has 1 saturated carbocycles. The molecule has 0 atom stereocenters. The number of aromatic nitrogens is 2. The third-order valence-electron chi connectivity index (χ3n) is 5.00. The number of amides is 1. The number of morpholine rings is 1. The molecule has 1 aromatic carbocycles. The molecule has 0 spiro atoms. The molecule has 2 heterocycles. The average molecular weight is 352 g/mol. The first kappa shape index (κ1) is 17.0. The Balaban J connectivity index is 1.66. The molecule has 1 amide bonds. The van der Waals surface area contributed by atoms with Crippen molar-refractivity contribution in [2.75, 3.05) is 31.2 Å². The van der Waals surface area contributed by atoms with E-state index in [0.29, 0.717) is 24.7 Å². The Bertz CT molecular complexity index is 754. The number of hydrogen-bond acceptors (Lipinski definition) is 5. The second kappa shape index (κ2) is 7.83. The number of benzene rings is 1. The highest BCUT2D eigenvalue weighted by Gasteiger charge is 2.22. The zero-order valence-electron chi connectivity index (χ0n) is 14.9. The van der Waals surface area contributed by atoms with Gasteiger partial charge in [-0.05, 0) is 12.8 Å². The molecule has 6 nitrogen and oxygen atoms in total. The second-order valence-corrected chi connectivity index (χ2v) is 6.86. The Kier molecular flexibility index (Phi) is 5.11. The summed E-state index contributed by atoms with van der Waals surface area (Å²) in [6.45, 7) is 2.90. The minimum atomic E-state index is -0.106. The normalized spacial score (nSPS) is 18.1. The number of carbonyl (C=O) groups is 1. The molecule has 4 rings (SSSR count). The minimum Gasteiger partial charge on any atom is -0.378 e. The van der Waals surface area contributed by atoms with Gasteiger partial charge in [-0.15, -0.1) is 0 Å². The van der Waals surface area contributed by atoms with E-state index in [9.17, 15) is 4.79 Å². The fourth-order valence-electron chi connectivity index (χ4n) is 3.55. The Morgan fingerprint density at radius 2 is 1.81 bits per heavy atom. The SMILES string of the molecule is O=C(NC1CCCC1)c1cc(N2CCOCC2)nc(-c2ccccc2)n1. The van der Waals surface area contributed by atoms with Crippen molar-refractivity contribution in [3.8, 4) is 11.4 Å². The standard InChI is InChI=1S/C20H24N4O2/c25-20(21-16-8-4-5-9-16)17-14-18(24-10-12-26-13-11-24)23-19(22-17)15-6-2-1-3-7-15/h1-3,6-7,14,16H,4-5,8-13H2,(H,21,25). The van der Waals surface area contributed by atoms with Crippen LogP contribution in [0.3, 0.4) is 0 Å². The number of carbonyl (C=O) groups excluding carboxylic acids is 1. The lowest BCUT2D eigenvalue weighted by molar-refractivity contribution is 0.0932.